The number of halogens is 2. The van der Waals surface area contributed by atoms with Crippen molar-refractivity contribution in [2.24, 2.45) is 16.7 Å². The van der Waals surface area contributed by atoms with Crippen molar-refractivity contribution in [1.82, 2.24) is 4.90 Å². The fraction of sp³-hybridized carbons (Fsp3) is 0.741. The van der Waals surface area contributed by atoms with Crippen LogP contribution in [0.15, 0.2) is 18.2 Å². The lowest BCUT2D eigenvalue weighted by Crippen LogP contribution is -2.46. The molecule has 1 aromatic rings. The van der Waals surface area contributed by atoms with Crippen LogP contribution in [0.5, 0.6) is 0 Å². The molecule has 1 fully saturated rings. The van der Waals surface area contributed by atoms with E-state index in [1.165, 1.54) is 6.07 Å². The minimum Gasteiger partial charge on any atom is -0.481 e. The fourth-order valence-corrected chi connectivity index (χ4v) is 5.19. The normalized spacial score (nSPS) is 22.3. The van der Waals surface area contributed by atoms with E-state index in [0.29, 0.717) is 0 Å². The smallest absolute Gasteiger partial charge is 0.303 e. The van der Waals surface area contributed by atoms with Gasteiger partial charge in [-0.1, -0.05) is 65.6 Å². The molecule has 2 rings (SSSR count). The van der Waals surface area contributed by atoms with Gasteiger partial charge in [-0.25, -0.2) is 4.39 Å². The predicted molar refractivity (Wildman–Crippen MR) is 132 cm³/mol. The molecule has 0 amide bonds. The quantitative estimate of drug-likeness (QED) is 0.403. The third kappa shape index (κ3) is 8.67. The molecule has 32 heavy (non-hydrogen) atoms. The average molecular weight is 468 g/mol. The summed E-state index contributed by atoms with van der Waals surface area (Å²) in [5.41, 5.74) is 1.39. The topological polar surface area (TPSA) is 40.5 Å². The van der Waals surface area contributed by atoms with Crippen molar-refractivity contribution in [3.8, 4) is 0 Å². The van der Waals surface area contributed by atoms with Crippen LogP contribution >= 0.6 is 11.6 Å². The van der Waals surface area contributed by atoms with Gasteiger partial charge >= 0.3 is 5.97 Å². The molecule has 3 nitrogen and oxygen atoms in total. The summed E-state index contributed by atoms with van der Waals surface area (Å²) in [4.78, 5) is 14.3. The lowest BCUT2D eigenvalue weighted by Gasteiger charge is -2.45. The third-order valence-electron chi connectivity index (χ3n) is 6.75. The summed E-state index contributed by atoms with van der Waals surface area (Å²) in [5, 5.41) is 9.70. The Morgan fingerprint density at radius 2 is 1.75 bits per heavy atom. The molecule has 0 bridgehead atoms. The second kappa shape index (κ2) is 11.3. The molecular formula is C27H43ClFNO2. The molecule has 0 radical (unpaired) electrons. The van der Waals surface area contributed by atoms with Crippen LogP contribution in [-0.4, -0.2) is 35.1 Å². The highest BCUT2D eigenvalue weighted by Gasteiger charge is 2.39. The second-order valence-corrected chi connectivity index (χ2v) is 12.5. The van der Waals surface area contributed by atoms with Gasteiger partial charge in [-0.15, -0.1) is 0 Å². The lowest BCUT2D eigenvalue weighted by atomic mass is 9.70. The van der Waals surface area contributed by atoms with E-state index in [-0.39, 0.29) is 40.2 Å². The molecular weight excluding hydrogens is 425 g/mol. The maximum absolute atomic E-state index is 14.4. The Hall–Kier alpha value is -1.13. The summed E-state index contributed by atoms with van der Waals surface area (Å²) in [5.74, 6) is -1.19. The van der Waals surface area contributed by atoms with E-state index < -0.39 is 11.8 Å². The van der Waals surface area contributed by atoms with Crippen molar-refractivity contribution in [3.63, 3.8) is 0 Å². The molecule has 1 aliphatic rings. The maximum atomic E-state index is 14.4. The van der Waals surface area contributed by atoms with Gasteiger partial charge in [0.1, 0.15) is 5.82 Å². The van der Waals surface area contributed by atoms with Gasteiger partial charge in [0, 0.05) is 18.4 Å². The highest BCUT2D eigenvalue weighted by atomic mass is 35.5. The zero-order valence-corrected chi connectivity index (χ0v) is 21.6. The predicted octanol–water partition coefficient (Wildman–Crippen LogP) is 7.77. The number of carboxylic acid groups (broad SMARTS) is 1. The molecule has 0 saturated heterocycles. The minimum absolute atomic E-state index is 0.00113. The standard InChI is InChI=1S/C27H43ClFNO2/c1-26(2,3)13-8-15-30(16-14-27(4,5)6)23-10-7-9-19(18-24(31)32)25(23)20-11-12-21(28)22(29)17-20/h11-12,17,19,23,25H,7-10,13-16,18H2,1-6H3,(H,31,32). The van der Waals surface area contributed by atoms with Gasteiger partial charge < -0.3 is 5.11 Å². The van der Waals surface area contributed by atoms with Gasteiger partial charge in [0.25, 0.3) is 0 Å². The number of hydrogen-bond acceptors (Lipinski definition) is 2. The molecule has 0 spiro atoms. The van der Waals surface area contributed by atoms with Crippen LogP contribution in [0.1, 0.15) is 98.0 Å². The Labute approximate surface area is 199 Å². The molecule has 0 heterocycles. The first-order valence-electron chi connectivity index (χ1n) is 12.2. The number of aliphatic carboxylic acids is 1. The highest BCUT2D eigenvalue weighted by Crippen LogP contribution is 2.43. The molecule has 182 valence electrons. The van der Waals surface area contributed by atoms with E-state index in [9.17, 15) is 14.3 Å². The van der Waals surface area contributed by atoms with Crippen molar-refractivity contribution < 1.29 is 14.3 Å². The first-order valence-corrected chi connectivity index (χ1v) is 12.6. The fourth-order valence-electron chi connectivity index (χ4n) is 5.07. The maximum Gasteiger partial charge on any atom is 0.303 e. The van der Waals surface area contributed by atoms with Crippen molar-refractivity contribution in [2.75, 3.05) is 13.1 Å². The SMILES string of the molecule is CC(C)(C)CCCN(CCC(C)(C)C)C1CCCC(CC(=O)O)C1c1ccc(Cl)c(F)c1. The van der Waals surface area contributed by atoms with Gasteiger partial charge in [-0.2, -0.15) is 0 Å². The summed E-state index contributed by atoms with van der Waals surface area (Å²) in [6.45, 7) is 15.6. The Balaban J connectivity index is 2.37. The van der Waals surface area contributed by atoms with E-state index in [2.05, 4.69) is 46.4 Å². The summed E-state index contributed by atoms with van der Waals surface area (Å²) in [6, 6.07) is 5.28. The molecule has 0 aliphatic heterocycles. The molecule has 1 aromatic carbocycles. The van der Waals surface area contributed by atoms with E-state index in [1.54, 1.807) is 6.07 Å². The highest BCUT2D eigenvalue weighted by molar-refractivity contribution is 6.30. The minimum atomic E-state index is -0.774. The van der Waals surface area contributed by atoms with Crippen molar-refractivity contribution in [2.45, 2.75) is 98.4 Å². The van der Waals surface area contributed by atoms with Crippen LogP contribution in [0, 0.1) is 22.6 Å². The van der Waals surface area contributed by atoms with E-state index in [4.69, 9.17) is 11.6 Å². The molecule has 5 heteroatoms. The van der Waals surface area contributed by atoms with Gasteiger partial charge in [0.15, 0.2) is 0 Å². The largest absolute Gasteiger partial charge is 0.481 e. The number of rotatable bonds is 9. The van der Waals surface area contributed by atoms with Gasteiger partial charge in [0.05, 0.1) is 5.02 Å². The summed E-state index contributed by atoms with van der Waals surface area (Å²) in [7, 11) is 0. The van der Waals surface area contributed by atoms with Crippen LogP contribution in [0.3, 0.4) is 0 Å². The average Bonchev–Trinajstić information content (AvgIpc) is 2.64. The molecule has 3 atom stereocenters. The number of carboxylic acids is 1. The van der Waals surface area contributed by atoms with Crippen LogP contribution in [0.4, 0.5) is 4.39 Å². The number of nitrogens with zero attached hydrogens (tertiary/aromatic N) is 1. The lowest BCUT2D eigenvalue weighted by molar-refractivity contribution is -0.138. The molecule has 0 aromatic heterocycles. The summed E-state index contributed by atoms with van der Waals surface area (Å²) < 4.78 is 14.4. The second-order valence-electron chi connectivity index (χ2n) is 12.1. The first-order chi connectivity index (χ1) is 14.8. The van der Waals surface area contributed by atoms with E-state index in [0.717, 1.165) is 57.2 Å². The van der Waals surface area contributed by atoms with Crippen molar-refractivity contribution in [1.29, 1.82) is 0 Å². The van der Waals surface area contributed by atoms with Crippen molar-refractivity contribution >= 4 is 17.6 Å². The monoisotopic (exact) mass is 467 g/mol. The summed E-state index contributed by atoms with van der Waals surface area (Å²) >= 11 is 5.97. The molecule has 1 saturated carbocycles. The van der Waals surface area contributed by atoms with Crippen LogP contribution in [0.25, 0.3) is 0 Å². The van der Waals surface area contributed by atoms with Crippen molar-refractivity contribution in [3.05, 3.63) is 34.6 Å². The summed E-state index contributed by atoms with van der Waals surface area (Å²) in [6.07, 6.45) is 6.35. The van der Waals surface area contributed by atoms with Gasteiger partial charge in [-0.05, 0) is 79.6 Å². The zero-order valence-electron chi connectivity index (χ0n) is 20.9. The molecule has 1 aliphatic carbocycles. The Bertz CT molecular complexity index is 753. The van der Waals surface area contributed by atoms with Crippen LogP contribution in [-0.2, 0) is 4.79 Å². The first kappa shape index (κ1) is 27.1. The Morgan fingerprint density at radius 1 is 1.09 bits per heavy atom. The van der Waals surface area contributed by atoms with Gasteiger partial charge in [-0.3, -0.25) is 9.69 Å². The van der Waals surface area contributed by atoms with Crippen LogP contribution < -0.4 is 0 Å². The Morgan fingerprint density at radius 3 is 2.31 bits per heavy atom. The molecule has 3 unspecified atom stereocenters. The number of carbonyl (C=O) groups is 1. The van der Waals surface area contributed by atoms with Crippen LogP contribution in [0.2, 0.25) is 5.02 Å². The number of benzene rings is 1. The van der Waals surface area contributed by atoms with E-state index in [1.807, 2.05) is 6.07 Å². The van der Waals surface area contributed by atoms with E-state index >= 15 is 0 Å². The molecule has 1 N–H and O–H groups in total. The number of hydrogen-bond donors (Lipinski definition) is 1. The Kier molecular flexibility index (Phi) is 9.60. The zero-order chi connectivity index (χ0) is 24.1. The third-order valence-corrected chi connectivity index (χ3v) is 7.06. The van der Waals surface area contributed by atoms with Gasteiger partial charge in [0.2, 0.25) is 0 Å².